The molecule has 5 nitrogen and oxygen atoms in total. The number of hydrogen-bond donors (Lipinski definition) is 1. The minimum atomic E-state index is -4.03. The van der Waals surface area contributed by atoms with Crippen LogP contribution in [0, 0.1) is 0 Å². The van der Waals surface area contributed by atoms with Gasteiger partial charge in [-0.1, -0.05) is 57.6 Å². The molecule has 0 saturated carbocycles. The van der Waals surface area contributed by atoms with Gasteiger partial charge in [0.15, 0.2) is 0 Å². The fourth-order valence-corrected chi connectivity index (χ4v) is 2.05. The van der Waals surface area contributed by atoms with Crippen molar-refractivity contribution in [2.45, 2.75) is 58.3 Å². The number of nitrogens with zero attached hydrogens (tertiary/aromatic N) is 1. The van der Waals surface area contributed by atoms with Crippen molar-refractivity contribution in [2.24, 2.45) is 4.99 Å². The number of rotatable bonds is 12. The van der Waals surface area contributed by atoms with Gasteiger partial charge in [-0.25, -0.2) is 0 Å². The van der Waals surface area contributed by atoms with Crippen LogP contribution in [0.1, 0.15) is 58.3 Å². The van der Waals surface area contributed by atoms with Gasteiger partial charge in [-0.05, 0) is 18.7 Å². The van der Waals surface area contributed by atoms with Crippen molar-refractivity contribution in [2.75, 3.05) is 12.3 Å². The first-order valence-electron chi connectivity index (χ1n) is 7.29. The van der Waals surface area contributed by atoms with E-state index in [0.29, 0.717) is 0 Å². The van der Waals surface area contributed by atoms with E-state index in [9.17, 15) is 13.5 Å². The molecule has 118 valence electrons. The molecule has 0 aromatic rings. The molecule has 0 rings (SSSR count). The van der Waals surface area contributed by atoms with E-state index < -0.39 is 21.8 Å². The fraction of sp³-hybridized carbons (Fsp3) is 0.786. The van der Waals surface area contributed by atoms with Crippen LogP contribution in [0.5, 0.6) is 0 Å². The third-order valence-electron chi connectivity index (χ3n) is 2.85. The molecule has 0 radical (unpaired) electrons. The summed E-state index contributed by atoms with van der Waals surface area (Å²) < 4.78 is 29.3. The Labute approximate surface area is 171 Å². The molecule has 0 aliphatic heterocycles. The predicted octanol–water partition coefficient (Wildman–Crippen LogP) is -0.666. The first-order chi connectivity index (χ1) is 9.45. The van der Waals surface area contributed by atoms with Crippen LogP contribution < -0.4 is 56.5 Å². The van der Waals surface area contributed by atoms with Crippen molar-refractivity contribution in [1.29, 1.82) is 0 Å². The van der Waals surface area contributed by atoms with Gasteiger partial charge in [0.1, 0.15) is 0 Å². The van der Waals surface area contributed by atoms with Crippen molar-refractivity contribution in [3.8, 4) is 0 Å². The molecule has 0 spiro atoms. The maximum absolute atomic E-state index is 11.2. The molecule has 0 aromatic carbocycles. The van der Waals surface area contributed by atoms with Gasteiger partial charge in [0.05, 0.1) is 12.3 Å². The van der Waals surface area contributed by atoms with Crippen molar-refractivity contribution >= 4 is 16.0 Å². The molecule has 0 fully saturated rings. The van der Waals surface area contributed by atoms with Crippen LogP contribution in [-0.2, 0) is 10.1 Å². The van der Waals surface area contributed by atoms with E-state index in [2.05, 4.69) is 11.9 Å². The van der Waals surface area contributed by atoms with E-state index >= 15 is 0 Å². The summed E-state index contributed by atoms with van der Waals surface area (Å²) in [5, 5.41) is 11.2. The first-order valence-corrected chi connectivity index (χ1v) is 8.90. The average molecular weight is 344 g/mol. The number of unbranched alkanes of at least 4 members (excludes halogenated alkanes) is 7. The zero-order valence-corrected chi connectivity index (χ0v) is 17.2. The third kappa shape index (κ3) is 20.8. The number of aliphatic imine (C=N–C) groups is 1. The summed E-state index contributed by atoms with van der Waals surface area (Å²) in [6.45, 7) is 2.00. The zero-order chi connectivity index (χ0) is 15.3. The van der Waals surface area contributed by atoms with Crippen LogP contribution in [0.15, 0.2) is 17.1 Å². The molecule has 0 aliphatic rings. The minimum Gasteiger partial charge on any atom is -0.859 e. The number of allylic oxidation sites excluding steroid dienone is 1. The summed E-state index contributed by atoms with van der Waals surface area (Å²) in [6.07, 6.45) is 12.6. The molecular weight excluding hydrogens is 317 g/mol. The van der Waals surface area contributed by atoms with Gasteiger partial charge >= 0.3 is 51.4 Å². The van der Waals surface area contributed by atoms with E-state index in [1.807, 2.05) is 0 Å². The Morgan fingerprint density at radius 1 is 1.14 bits per heavy atom. The molecule has 0 unspecified atom stereocenters. The maximum atomic E-state index is 11.2. The first kappa shape index (κ1) is 24.0. The van der Waals surface area contributed by atoms with Crippen molar-refractivity contribution in [3.63, 3.8) is 0 Å². The third-order valence-corrected chi connectivity index (χ3v) is 3.55. The number of hydrogen-bond acceptors (Lipinski definition) is 4. The maximum Gasteiger partial charge on any atom is 1.00 e. The van der Waals surface area contributed by atoms with Gasteiger partial charge in [0, 0.05) is 0 Å². The molecule has 0 aromatic heterocycles. The van der Waals surface area contributed by atoms with Crippen LogP contribution in [0.4, 0.5) is 0 Å². The molecule has 0 amide bonds. The van der Waals surface area contributed by atoms with Gasteiger partial charge < -0.3 is 5.11 Å². The Kier molecular flexibility index (Phi) is 17.9. The topological polar surface area (TPSA) is 89.8 Å². The van der Waals surface area contributed by atoms with Crippen LogP contribution in [-0.4, -0.2) is 31.2 Å². The molecule has 1 N–H and O–H groups in total. The Morgan fingerprint density at radius 2 is 1.71 bits per heavy atom. The summed E-state index contributed by atoms with van der Waals surface area (Å²) in [5.74, 6) is -0.957. The van der Waals surface area contributed by atoms with Gasteiger partial charge in [-0.15, -0.1) is 0 Å². The molecule has 21 heavy (non-hydrogen) atoms. The molecule has 0 atom stereocenters. The average Bonchev–Trinajstić information content (AvgIpc) is 2.35. The SMILES string of the molecule is CCCCCCCCC/C=C/C([O-])=NCCS(=O)(=O)O.[K+]. The monoisotopic (exact) mass is 343 g/mol. The van der Waals surface area contributed by atoms with Crippen LogP contribution in [0.2, 0.25) is 0 Å². The Balaban J connectivity index is 0. The van der Waals surface area contributed by atoms with Crippen molar-refractivity contribution in [1.82, 2.24) is 0 Å². The van der Waals surface area contributed by atoms with Crippen molar-refractivity contribution in [3.05, 3.63) is 12.2 Å². The molecule has 0 saturated heterocycles. The second-order valence-electron chi connectivity index (χ2n) is 4.82. The van der Waals surface area contributed by atoms with Gasteiger partial charge in [-0.2, -0.15) is 8.42 Å². The van der Waals surface area contributed by atoms with Gasteiger partial charge in [-0.3, -0.25) is 9.55 Å². The largest absolute Gasteiger partial charge is 1.00 e. The predicted molar refractivity (Wildman–Crippen MR) is 80.5 cm³/mol. The summed E-state index contributed by atoms with van der Waals surface area (Å²) in [6, 6.07) is 0. The van der Waals surface area contributed by atoms with Crippen molar-refractivity contribution < 1.29 is 69.5 Å². The van der Waals surface area contributed by atoms with Gasteiger partial charge in [0.2, 0.25) is 0 Å². The van der Waals surface area contributed by atoms with Gasteiger partial charge in [0.25, 0.3) is 10.1 Å². The Bertz CT molecular complexity index is 394. The van der Waals surface area contributed by atoms with E-state index in [4.69, 9.17) is 4.55 Å². The molecule has 0 aliphatic carbocycles. The van der Waals surface area contributed by atoms with E-state index in [1.165, 1.54) is 44.6 Å². The Morgan fingerprint density at radius 3 is 2.29 bits per heavy atom. The molecule has 0 bridgehead atoms. The molecular formula is C14H26KNO4S. The van der Waals surface area contributed by atoms with Crippen LogP contribution in [0.25, 0.3) is 0 Å². The quantitative estimate of drug-likeness (QED) is 0.167. The fourth-order valence-electron chi connectivity index (χ4n) is 1.73. The van der Waals surface area contributed by atoms with Crippen LogP contribution in [0.3, 0.4) is 0 Å². The summed E-state index contributed by atoms with van der Waals surface area (Å²) in [5.41, 5.74) is 0. The zero-order valence-electron chi connectivity index (χ0n) is 13.3. The molecule has 7 heteroatoms. The van der Waals surface area contributed by atoms with E-state index in [1.54, 1.807) is 6.08 Å². The molecule has 0 heterocycles. The summed E-state index contributed by atoms with van der Waals surface area (Å²) >= 11 is 0. The smallest absolute Gasteiger partial charge is 0.859 e. The summed E-state index contributed by atoms with van der Waals surface area (Å²) in [4.78, 5) is 3.51. The summed E-state index contributed by atoms with van der Waals surface area (Å²) in [7, 11) is -4.03. The second kappa shape index (κ2) is 15.6. The Hall–Kier alpha value is 0.756. The minimum absolute atomic E-state index is 0. The standard InChI is InChI=1S/C14H27NO4S.K/c1-2-3-4-5-6-7-8-9-10-11-14(16)15-12-13-20(17,18)19;/h10-11H,2-9,12-13H2,1H3,(H,15,16)(H,17,18,19);/q;+1/p-1/b11-10+;. The van der Waals surface area contributed by atoms with E-state index in [0.717, 1.165) is 12.8 Å². The second-order valence-corrected chi connectivity index (χ2v) is 6.39. The van der Waals surface area contributed by atoms with Crippen LogP contribution >= 0.6 is 0 Å². The normalized spacial score (nSPS) is 12.6. The van der Waals surface area contributed by atoms with E-state index in [-0.39, 0.29) is 57.9 Å².